The Hall–Kier alpha value is -6.33. The second-order valence-electron chi connectivity index (χ2n) is 11.6. The first-order valence-corrected chi connectivity index (χ1v) is 15.3. The van der Waals surface area contributed by atoms with Crippen LogP contribution in [0, 0.1) is 0 Å². The Morgan fingerprint density at radius 2 is 1.04 bits per heavy atom. The van der Waals surface area contributed by atoms with Crippen LogP contribution in [-0.4, -0.2) is 15.0 Å². The lowest BCUT2D eigenvalue weighted by molar-refractivity contribution is 0.669. The Morgan fingerprint density at radius 3 is 1.96 bits per heavy atom. The molecule has 0 N–H and O–H groups in total. The highest BCUT2D eigenvalue weighted by Crippen LogP contribution is 2.40. The van der Waals surface area contributed by atoms with Crippen molar-refractivity contribution in [3.05, 3.63) is 140 Å². The van der Waals surface area contributed by atoms with Crippen molar-refractivity contribution < 1.29 is 8.83 Å². The monoisotopic (exact) mass is 589 g/mol. The summed E-state index contributed by atoms with van der Waals surface area (Å²) in [6, 6.07) is 47.5. The van der Waals surface area contributed by atoms with Crippen LogP contribution in [0.15, 0.2) is 148 Å². The highest BCUT2D eigenvalue weighted by molar-refractivity contribution is 6.19. The molecule has 0 bridgehead atoms. The first-order valence-electron chi connectivity index (χ1n) is 15.3. The van der Waals surface area contributed by atoms with Gasteiger partial charge in [0.15, 0.2) is 17.5 Å². The van der Waals surface area contributed by atoms with E-state index < -0.39 is 0 Å². The lowest BCUT2D eigenvalue weighted by atomic mass is 9.98. The summed E-state index contributed by atoms with van der Waals surface area (Å²) in [5.74, 6) is 1.72. The molecule has 3 aromatic heterocycles. The third-order valence-electron chi connectivity index (χ3n) is 8.91. The molecule has 0 aliphatic rings. The normalized spacial score (nSPS) is 11.9. The van der Waals surface area contributed by atoms with Crippen LogP contribution in [0.2, 0.25) is 0 Å². The maximum absolute atomic E-state index is 6.47. The Balaban J connectivity index is 1.27. The number of rotatable bonds is 3. The average Bonchev–Trinajstić information content (AvgIpc) is 3.69. The van der Waals surface area contributed by atoms with Crippen LogP contribution in [-0.2, 0) is 0 Å². The van der Waals surface area contributed by atoms with Crippen molar-refractivity contribution in [3.8, 4) is 34.2 Å². The summed E-state index contributed by atoms with van der Waals surface area (Å²) in [4.78, 5) is 15.2. The van der Waals surface area contributed by atoms with Crippen molar-refractivity contribution in [1.82, 2.24) is 15.0 Å². The molecule has 0 aliphatic carbocycles. The van der Waals surface area contributed by atoms with Gasteiger partial charge in [-0.3, -0.25) is 0 Å². The lowest BCUT2D eigenvalue weighted by Crippen LogP contribution is -2.00. The van der Waals surface area contributed by atoms with Crippen LogP contribution in [0.4, 0.5) is 0 Å². The van der Waals surface area contributed by atoms with Gasteiger partial charge in [0.1, 0.15) is 22.3 Å². The van der Waals surface area contributed by atoms with Crippen LogP contribution < -0.4 is 0 Å². The highest BCUT2D eigenvalue weighted by atomic mass is 16.3. The van der Waals surface area contributed by atoms with Crippen molar-refractivity contribution in [2.75, 3.05) is 0 Å². The number of para-hydroxylation sites is 2. The highest BCUT2D eigenvalue weighted by Gasteiger charge is 2.20. The summed E-state index contributed by atoms with van der Waals surface area (Å²) in [5, 5.41) is 8.82. The fourth-order valence-corrected chi connectivity index (χ4v) is 6.77. The zero-order valence-corrected chi connectivity index (χ0v) is 24.4. The molecule has 10 aromatic rings. The van der Waals surface area contributed by atoms with Crippen molar-refractivity contribution in [2.24, 2.45) is 0 Å². The minimum absolute atomic E-state index is 0.551. The molecule has 10 rings (SSSR count). The van der Waals surface area contributed by atoms with Crippen molar-refractivity contribution in [1.29, 1.82) is 0 Å². The van der Waals surface area contributed by atoms with Gasteiger partial charge in [-0.25, -0.2) is 15.0 Å². The quantitative estimate of drug-likeness (QED) is 0.192. The SMILES string of the molecule is c1ccc(-c2nc(-c3cccc4c3oc3ccccc34)nc(-c3cccc4oc5cc6ccc7ccccc7c6cc5c34)n2)cc1. The third kappa shape index (κ3) is 3.72. The van der Waals surface area contributed by atoms with Crippen molar-refractivity contribution in [2.45, 2.75) is 0 Å². The molecule has 0 saturated heterocycles. The molecule has 46 heavy (non-hydrogen) atoms. The molecule has 5 nitrogen and oxygen atoms in total. The molecule has 0 fully saturated rings. The van der Waals surface area contributed by atoms with E-state index in [0.717, 1.165) is 66.0 Å². The minimum Gasteiger partial charge on any atom is -0.456 e. The van der Waals surface area contributed by atoms with Gasteiger partial charge in [0, 0.05) is 32.7 Å². The number of furan rings is 2. The van der Waals surface area contributed by atoms with Gasteiger partial charge in [-0.2, -0.15) is 0 Å². The van der Waals surface area contributed by atoms with E-state index in [-0.39, 0.29) is 0 Å². The smallest absolute Gasteiger partial charge is 0.167 e. The first kappa shape index (κ1) is 25.0. The van der Waals surface area contributed by atoms with Crippen LogP contribution in [0.25, 0.3) is 99.6 Å². The van der Waals surface area contributed by atoms with Crippen LogP contribution in [0.5, 0.6) is 0 Å². The van der Waals surface area contributed by atoms with E-state index in [9.17, 15) is 0 Å². The Bertz CT molecular complexity index is 2810. The van der Waals surface area contributed by atoms with Crippen molar-refractivity contribution >= 4 is 65.4 Å². The van der Waals surface area contributed by atoms with Crippen LogP contribution >= 0.6 is 0 Å². The van der Waals surface area contributed by atoms with Gasteiger partial charge in [0.05, 0.1) is 5.56 Å². The van der Waals surface area contributed by atoms with Crippen LogP contribution in [0.1, 0.15) is 0 Å². The first-order chi connectivity index (χ1) is 22.8. The molecule has 0 saturated carbocycles. The Kier molecular flexibility index (Phi) is 5.22. The minimum atomic E-state index is 0.551. The Labute approximate surface area is 262 Å². The largest absolute Gasteiger partial charge is 0.456 e. The third-order valence-corrected chi connectivity index (χ3v) is 8.91. The van der Waals surface area contributed by atoms with Gasteiger partial charge in [-0.05, 0) is 51.9 Å². The molecule has 214 valence electrons. The average molecular weight is 590 g/mol. The van der Waals surface area contributed by atoms with E-state index in [1.54, 1.807) is 0 Å². The van der Waals surface area contributed by atoms with E-state index in [1.807, 2.05) is 72.8 Å². The molecule has 7 aromatic carbocycles. The molecule has 0 spiro atoms. The maximum atomic E-state index is 6.47. The zero-order valence-electron chi connectivity index (χ0n) is 24.4. The van der Waals surface area contributed by atoms with Gasteiger partial charge in [0.25, 0.3) is 0 Å². The zero-order chi connectivity index (χ0) is 30.2. The van der Waals surface area contributed by atoms with Crippen LogP contribution in [0.3, 0.4) is 0 Å². The lowest BCUT2D eigenvalue weighted by Gasteiger charge is -2.09. The summed E-state index contributed by atoms with van der Waals surface area (Å²) in [5.41, 5.74) is 5.81. The van der Waals surface area contributed by atoms with Gasteiger partial charge >= 0.3 is 0 Å². The summed E-state index contributed by atoms with van der Waals surface area (Å²) >= 11 is 0. The van der Waals surface area contributed by atoms with Gasteiger partial charge in [-0.15, -0.1) is 0 Å². The standard InChI is InChI=1S/C41H23N3O2/c1-2-11-25(12-3-1)39-42-40(44-41(43-39)31-17-8-15-29-28-14-6-7-18-34(28)46-38(29)31)30-16-9-19-35-37(30)33-23-32-26(22-36(33)45-35)21-20-24-10-4-5-13-27(24)32/h1-23H. The molecule has 0 aliphatic heterocycles. The van der Waals surface area contributed by atoms with Crippen molar-refractivity contribution in [3.63, 3.8) is 0 Å². The molecular weight excluding hydrogens is 566 g/mol. The van der Waals surface area contributed by atoms with E-state index in [2.05, 4.69) is 66.7 Å². The maximum Gasteiger partial charge on any atom is 0.167 e. The number of benzene rings is 7. The fraction of sp³-hybridized carbons (Fsp3) is 0. The van der Waals surface area contributed by atoms with E-state index >= 15 is 0 Å². The van der Waals surface area contributed by atoms with Gasteiger partial charge in [0.2, 0.25) is 0 Å². The topological polar surface area (TPSA) is 65.0 Å². The summed E-state index contributed by atoms with van der Waals surface area (Å²) in [6.45, 7) is 0. The fourth-order valence-electron chi connectivity index (χ4n) is 6.77. The van der Waals surface area contributed by atoms with E-state index in [1.165, 1.54) is 16.2 Å². The molecular formula is C41H23N3O2. The number of hydrogen-bond donors (Lipinski definition) is 0. The number of aromatic nitrogens is 3. The summed E-state index contributed by atoms with van der Waals surface area (Å²) in [7, 11) is 0. The number of nitrogens with zero attached hydrogens (tertiary/aromatic N) is 3. The van der Waals surface area contributed by atoms with E-state index in [0.29, 0.717) is 17.5 Å². The molecule has 0 amide bonds. The summed E-state index contributed by atoms with van der Waals surface area (Å²) < 4.78 is 12.9. The second-order valence-corrected chi connectivity index (χ2v) is 11.6. The molecule has 5 heteroatoms. The van der Waals surface area contributed by atoms with E-state index in [4.69, 9.17) is 23.8 Å². The predicted molar refractivity (Wildman–Crippen MR) is 186 cm³/mol. The number of hydrogen-bond acceptors (Lipinski definition) is 5. The summed E-state index contributed by atoms with van der Waals surface area (Å²) in [6.07, 6.45) is 0. The molecule has 0 atom stereocenters. The number of fused-ring (bicyclic) bond motifs is 9. The Morgan fingerprint density at radius 1 is 0.370 bits per heavy atom. The van der Waals surface area contributed by atoms with Gasteiger partial charge < -0.3 is 8.83 Å². The molecule has 3 heterocycles. The van der Waals surface area contributed by atoms with Gasteiger partial charge in [-0.1, -0.05) is 109 Å². The second kappa shape index (κ2) is 9.58. The molecule has 0 unspecified atom stereocenters. The molecule has 0 radical (unpaired) electrons. The predicted octanol–water partition coefficient (Wildman–Crippen LogP) is 11.0.